The molecule has 18 heavy (non-hydrogen) atoms. The minimum Gasteiger partial charge on any atom is -0.481 e. The predicted molar refractivity (Wildman–Crippen MR) is 68.2 cm³/mol. The highest BCUT2D eigenvalue weighted by molar-refractivity contribution is 7.91. The van der Waals surface area contributed by atoms with Crippen LogP contribution < -0.4 is 0 Å². The summed E-state index contributed by atoms with van der Waals surface area (Å²) in [5, 5.41) is 9.18. The summed E-state index contributed by atoms with van der Waals surface area (Å²) in [6.07, 6.45) is 0.821. The van der Waals surface area contributed by atoms with Gasteiger partial charge in [0.1, 0.15) is 0 Å². The monoisotopic (exact) mass is 278 g/mol. The molecule has 1 rings (SSSR count). The average Bonchev–Trinajstić information content (AvgIpc) is 2.51. The van der Waals surface area contributed by atoms with Crippen molar-refractivity contribution < 1.29 is 23.1 Å². The number of ether oxygens (including phenoxy) is 1. The van der Waals surface area contributed by atoms with Gasteiger partial charge in [0, 0.05) is 6.61 Å². The third-order valence-corrected chi connectivity index (χ3v) is 4.91. The lowest BCUT2D eigenvalue weighted by molar-refractivity contribution is -0.144. The van der Waals surface area contributed by atoms with Crippen LogP contribution in [0.25, 0.3) is 0 Å². The van der Waals surface area contributed by atoms with Crippen molar-refractivity contribution >= 4 is 15.8 Å². The van der Waals surface area contributed by atoms with Crippen molar-refractivity contribution in [3.8, 4) is 0 Å². The van der Waals surface area contributed by atoms with Crippen molar-refractivity contribution in [3.63, 3.8) is 0 Å². The first-order valence-electron chi connectivity index (χ1n) is 6.18. The lowest BCUT2D eigenvalue weighted by Crippen LogP contribution is -2.28. The molecule has 0 saturated carbocycles. The summed E-state index contributed by atoms with van der Waals surface area (Å²) in [6, 6.07) is 0. The summed E-state index contributed by atoms with van der Waals surface area (Å²) < 4.78 is 28.3. The van der Waals surface area contributed by atoms with Crippen LogP contribution in [0.5, 0.6) is 0 Å². The fourth-order valence-corrected chi connectivity index (χ4v) is 4.07. The minimum absolute atomic E-state index is 0.000511. The molecule has 0 aromatic rings. The van der Waals surface area contributed by atoms with Crippen molar-refractivity contribution in [2.75, 3.05) is 18.1 Å². The summed E-state index contributed by atoms with van der Waals surface area (Å²) in [5.74, 6) is -1.70. The van der Waals surface area contributed by atoms with E-state index in [1.807, 2.05) is 20.8 Å². The van der Waals surface area contributed by atoms with Crippen molar-refractivity contribution in [1.29, 1.82) is 0 Å². The SMILES string of the molecule is CC(C)(C)OCCC(C(=O)O)C1CCS(=O)(=O)C1. The lowest BCUT2D eigenvalue weighted by Gasteiger charge is -2.23. The van der Waals surface area contributed by atoms with Crippen LogP contribution in [0.1, 0.15) is 33.6 Å². The molecule has 1 aliphatic heterocycles. The molecule has 0 aromatic carbocycles. The molecule has 0 amide bonds. The quantitative estimate of drug-likeness (QED) is 0.820. The van der Waals surface area contributed by atoms with E-state index in [1.54, 1.807) is 0 Å². The minimum atomic E-state index is -3.03. The van der Waals surface area contributed by atoms with E-state index in [0.29, 0.717) is 19.4 Å². The van der Waals surface area contributed by atoms with Crippen LogP contribution in [0.3, 0.4) is 0 Å². The van der Waals surface area contributed by atoms with Crippen LogP contribution in [0.2, 0.25) is 0 Å². The van der Waals surface area contributed by atoms with Crippen LogP contribution in [0.4, 0.5) is 0 Å². The number of carboxylic acid groups (broad SMARTS) is 1. The van der Waals surface area contributed by atoms with Crippen LogP contribution >= 0.6 is 0 Å². The molecule has 2 unspecified atom stereocenters. The Morgan fingerprint density at radius 2 is 2.06 bits per heavy atom. The standard InChI is InChI=1S/C12H22O5S/c1-12(2,3)17-6-4-10(11(13)14)9-5-7-18(15,16)8-9/h9-10H,4-8H2,1-3H3,(H,13,14). The van der Waals surface area contributed by atoms with Crippen LogP contribution in [0.15, 0.2) is 0 Å². The summed E-state index contributed by atoms with van der Waals surface area (Å²) in [4.78, 5) is 11.2. The maximum Gasteiger partial charge on any atom is 0.306 e. The van der Waals surface area contributed by atoms with Crippen LogP contribution in [-0.4, -0.2) is 43.2 Å². The van der Waals surface area contributed by atoms with E-state index in [4.69, 9.17) is 4.74 Å². The van der Waals surface area contributed by atoms with Gasteiger partial charge in [-0.25, -0.2) is 8.42 Å². The predicted octanol–water partition coefficient (Wildman–Crippen LogP) is 1.33. The Kier molecular flexibility index (Phi) is 4.78. The molecule has 1 heterocycles. The normalized spacial score (nSPS) is 24.9. The smallest absolute Gasteiger partial charge is 0.306 e. The third-order valence-electron chi connectivity index (χ3n) is 3.12. The zero-order valence-corrected chi connectivity index (χ0v) is 12.0. The highest BCUT2D eigenvalue weighted by atomic mass is 32.2. The maximum atomic E-state index is 11.4. The van der Waals surface area contributed by atoms with E-state index in [-0.39, 0.29) is 23.0 Å². The van der Waals surface area contributed by atoms with Gasteiger partial charge in [0.25, 0.3) is 0 Å². The molecule has 0 bridgehead atoms. The van der Waals surface area contributed by atoms with Crippen molar-refractivity contribution in [3.05, 3.63) is 0 Å². The molecular formula is C12H22O5S. The molecule has 0 spiro atoms. The third kappa shape index (κ3) is 4.94. The summed E-state index contributed by atoms with van der Waals surface area (Å²) in [5.41, 5.74) is -0.301. The van der Waals surface area contributed by atoms with Crippen molar-refractivity contribution in [2.24, 2.45) is 11.8 Å². The summed E-state index contributed by atoms with van der Waals surface area (Å²) in [7, 11) is -3.03. The highest BCUT2D eigenvalue weighted by Gasteiger charge is 2.37. The van der Waals surface area contributed by atoms with Crippen LogP contribution in [-0.2, 0) is 19.4 Å². The first-order chi connectivity index (χ1) is 8.11. The largest absolute Gasteiger partial charge is 0.481 e. The Hall–Kier alpha value is -0.620. The number of rotatable bonds is 5. The Morgan fingerprint density at radius 3 is 2.44 bits per heavy atom. The van der Waals surface area contributed by atoms with Gasteiger partial charge in [-0.05, 0) is 39.5 Å². The number of hydrogen-bond donors (Lipinski definition) is 1. The van der Waals surface area contributed by atoms with Gasteiger partial charge in [-0.3, -0.25) is 4.79 Å². The van der Waals surface area contributed by atoms with E-state index in [1.165, 1.54) is 0 Å². The van der Waals surface area contributed by atoms with Gasteiger partial charge in [0.05, 0.1) is 23.0 Å². The molecular weight excluding hydrogens is 256 g/mol. The molecule has 1 fully saturated rings. The van der Waals surface area contributed by atoms with E-state index in [2.05, 4.69) is 0 Å². The second-order valence-corrected chi connectivity index (χ2v) is 8.09. The molecule has 1 N–H and O–H groups in total. The fourth-order valence-electron chi connectivity index (χ4n) is 2.19. The first kappa shape index (κ1) is 15.4. The lowest BCUT2D eigenvalue weighted by atomic mass is 9.89. The topological polar surface area (TPSA) is 80.7 Å². The molecule has 0 radical (unpaired) electrons. The fraction of sp³-hybridized carbons (Fsp3) is 0.917. The van der Waals surface area contributed by atoms with Gasteiger partial charge in [0.2, 0.25) is 0 Å². The molecule has 0 aromatic heterocycles. The zero-order valence-electron chi connectivity index (χ0n) is 11.2. The molecule has 2 atom stereocenters. The van der Waals surface area contributed by atoms with Gasteiger partial charge in [-0.15, -0.1) is 0 Å². The molecule has 0 aliphatic carbocycles. The second kappa shape index (κ2) is 5.57. The first-order valence-corrected chi connectivity index (χ1v) is 8.00. The molecule has 106 valence electrons. The highest BCUT2D eigenvalue weighted by Crippen LogP contribution is 2.28. The average molecular weight is 278 g/mol. The van der Waals surface area contributed by atoms with Crippen molar-refractivity contribution in [1.82, 2.24) is 0 Å². The van der Waals surface area contributed by atoms with Crippen molar-refractivity contribution in [2.45, 2.75) is 39.2 Å². The van der Waals surface area contributed by atoms with E-state index in [0.717, 1.165) is 0 Å². The molecule has 1 saturated heterocycles. The number of aliphatic carboxylic acids is 1. The summed E-state index contributed by atoms with van der Waals surface area (Å²) >= 11 is 0. The van der Waals surface area contributed by atoms with Crippen LogP contribution in [0, 0.1) is 11.8 Å². The molecule has 1 aliphatic rings. The number of carboxylic acids is 1. The Morgan fingerprint density at radius 1 is 1.44 bits per heavy atom. The zero-order chi connectivity index (χ0) is 14.0. The molecule has 6 heteroatoms. The van der Waals surface area contributed by atoms with Gasteiger partial charge in [-0.1, -0.05) is 0 Å². The summed E-state index contributed by atoms with van der Waals surface area (Å²) in [6.45, 7) is 6.06. The van der Waals surface area contributed by atoms with Gasteiger partial charge >= 0.3 is 5.97 Å². The Labute approximate surface area is 108 Å². The van der Waals surface area contributed by atoms with E-state index < -0.39 is 21.7 Å². The van der Waals surface area contributed by atoms with E-state index in [9.17, 15) is 18.3 Å². The Balaban J connectivity index is 2.54. The van der Waals surface area contributed by atoms with Gasteiger partial charge in [-0.2, -0.15) is 0 Å². The number of sulfone groups is 1. The number of hydrogen-bond acceptors (Lipinski definition) is 4. The molecule has 5 nitrogen and oxygen atoms in total. The van der Waals surface area contributed by atoms with E-state index >= 15 is 0 Å². The maximum absolute atomic E-state index is 11.4. The Bertz CT molecular complexity index is 393. The number of carbonyl (C=O) groups is 1. The van der Waals surface area contributed by atoms with Gasteiger partial charge < -0.3 is 9.84 Å². The second-order valence-electron chi connectivity index (χ2n) is 5.86. The van der Waals surface area contributed by atoms with Gasteiger partial charge in [0.15, 0.2) is 9.84 Å².